The van der Waals surface area contributed by atoms with Crippen LogP contribution in [0.1, 0.15) is 11.4 Å². The van der Waals surface area contributed by atoms with Crippen molar-refractivity contribution < 1.29 is 22.3 Å². The van der Waals surface area contributed by atoms with E-state index in [4.69, 9.17) is 9.15 Å². The van der Waals surface area contributed by atoms with E-state index in [0.29, 0.717) is 16.8 Å². The van der Waals surface area contributed by atoms with Crippen molar-refractivity contribution in [3.8, 4) is 28.3 Å². The van der Waals surface area contributed by atoms with Crippen molar-refractivity contribution in [3.05, 3.63) is 70.3 Å². The van der Waals surface area contributed by atoms with Gasteiger partial charge in [-0.1, -0.05) is 36.4 Å². The molecule has 5 aromatic rings. The number of benzene rings is 2. The number of fused-ring (bicyclic) bond motifs is 2. The summed E-state index contributed by atoms with van der Waals surface area (Å²) in [6.45, 7) is 0.164. The zero-order chi connectivity index (χ0) is 24.9. The molecule has 3 heterocycles. The number of ether oxygens (including phenoxy) is 1. The molecule has 2 aromatic carbocycles. The largest absolute Gasteiger partial charge is 0.494 e. The van der Waals surface area contributed by atoms with Crippen LogP contribution in [0.3, 0.4) is 0 Å². The fourth-order valence-electron chi connectivity index (χ4n) is 4.02. The Bertz CT molecular complexity index is 1600. The second kappa shape index (κ2) is 8.27. The molecule has 5 rings (SSSR count). The molecule has 8 nitrogen and oxygen atoms in total. The molecule has 11 heteroatoms. The highest BCUT2D eigenvalue weighted by molar-refractivity contribution is 5.84. The summed E-state index contributed by atoms with van der Waals surface area (Å²) in [6, 6.07) is 13.1. The molecule has 0 saturated heterocycles. The first-order valence-electron chi connectivity index (χ1n) is 10.6. The molecule has 0 aliphatic rings. The zero-order valence-electron chi connectivity index (χ0n) is 19.0. The van der Waals surface area contributed by atoms with Crippen molar-refractivity contribution in [1.82, 2.24) is 24.5 Å². The van der Waals surface area contributed by atoms with Gasteiger partial charge < -0.3 is 14.1 Å². The fourth-order valence-corrected chi connectivity index (χ4v) is 4.02. The summed E-state index contributed by atoms with van der Waals surface area (Å²) < 4.78 is 54.1. The smallest absolute Gasteiger partial charge is 0.433 e. The van der Waals surface area contributed by atoms with Crippen LogP contribution in [-0.4, -0.2) is 45.7 Å². The van der Waals surface area contributed by atoms with Gasteiger partial charge in [0, 0.05) is 6.54 Å². The Balaban J connectivity index is 1.87. The molecule has 0 saturated carbocycles. The van der Waals surface area contributed by atoms with E-state index in [9.17, 15) is 18.0 Å². The number of oxazole rings is 1. The Hall–Kier alpha value is -4.12. The maximum Gasteiger partial charge on any atom is 0.433 e. The lowest BCUT2D eigenvalue weighted by molar-refractivity contribution is -0.140. The van der Waals surface area contributed by atoms with Crippen molar-refractivity contribution in [2.75, 3.05) is 21.2 Å². The summed E-state index contributed by atoms with van der Waals surface area (Å²) in [5.74, 6) is 0.379. The first-order valence-corrected chi connectivity index (χ1v) is 10.6. The Morgan fingerprint density at radius 1 is 1.06 bits per heavy atom. The highest BCUT2D eigenvalue weighted by Gasteiger charge is 2.38. The van der Waals surface area contributed by atoms with E-state index in [1.54, 1.807) is 55.4 Å². The summed E-state index contributed by atoms with van der Waals surface area (Å²) in [5, 5.41) is 2.23. The third-order valence-corrected chi connectivity index (χ3v) is 5.48. The molecule has 0 atom stereocenters. The molecule has 0 fully saturated rings. The van der Waals surface area contributed by atoms with Gasteiger partial charge in [0.25, 0.3) is 5.56 Å². The summed E-state index contributed by atoms with van der Waals surface area (Å²) in [7, 11) is 5.00. The van der Waals surface area contributed by atoms with Crippen molar-refractivity contribution in [3.63, 3.8) is 0 Å². The summed E-state index contributed by atoms with van der Waals surface area (Å²) in [5.41, 5.74) is -0.945. The van der Waals surface area contributed by atoms with Crippen molar-refractivity contribution in [2.45, 2.75) is 12.7 Å². The number of hydrogen-bond donors (Lipinski definition) is 1. The average molecular weight is 483 g/mol. The maximum absolute atomic E-state index is 14.0. The van der Waals surface area contributed by atoms with Crippen LogP contribution in [0, 0.1) is 0 Å². The molecule has 0 aliphatic heterocycles. The second-order valence-electron chi connectivity index (χ2n) is 8.19. The first-order chi connectivity index (χ1) is 16.7. The molecule has 0 bridgehead atoms. The van der Waals surface area contributed by atoms with Crippen LogP contribution < -0.4 is 10.3 Å². The van der Waals surface area contributed by atoms with E-state index in [1.165, 1.54) is 19.2 Å². The van der Waals surface area contributed by atoms with Crippen molar-refractivity contribution in [1.29, 1.82) is 0 Å². The van der Waals surface area contributed by atoms with Crippen LogP contribution in [0.5, 0.6) is 5.75 Å². The Kier molecular flexibility index (Phi) is 5.36. The van der Waals surface area contributed by atoms with Gasteiger partial charge in [0.15, 0.2) is 16.7 Å². The molecule has 180 valence electrons. The van der Waals surface area contributed by atoms with Gasteiger partial charge in [0.2, 0.25) is 5.89 Å². The quantitative estimate of drug-likeness (QED) is 0.394. The highest BCUT2D eigenvalue weighted by Crippen LogP contribution is 2.39. The number of nitrogens with one attached hydrogen (secondary N) is 1. The molecular formula is C24H20F3N5O3. The summed E-state index contributed by atoms with van der Waals surface area (Å²) >= 11 is 0. The number of para-hydroxylation sites is 1. The standard InChI is InChI=1S/C24H20F3N5O3/c1-31(2)12-14-18(22-29-19-15(34-3)10-7-11-16(19)35-22)23(33)32-21(28-14)17(13-8-5-4-6-9-13)20(30-32)24(25,26)27/h4-11,30H,12H2,1-3H3. The van der Waals surface area contributed by atoms with E-state index in [1.807, 2.05) is 0 Å². The van der Waals surface area contributed by atoms with Crippen molar-refractivity contribution >= 4 is 16.7 Å². The van der Waals surface area contributed by atoms with E-state index in [-0.39, 0.29) is 40.5 Å². The number of nitrogens with zero attached hydrogens (tertiary/aromatic N) is 4. The normalized spacial score (nSPS) is 12.2. The minimum absolute atomic E-state index is 0.0379. The number of alkyl halides is 3. The molecule has 0 radical (unpaired) electrons. The van der Waals surface area contributed by atoms with Gasteiger partial charge in [-0.25, -0.2) is 9.97 Å². The van der Waals surface area contributed by atoms with Gasteiger partial charge in [-0.3, -0.25) is 9.89 Å². The second-order valence-corrected chi connectivity index (χ2v) is 8.19. The minimum atomic E-state index is -4.75. The lowest BCUT2D eigenvalue weighted by Gasteiger charge is -2.12. The van der Waals surface area contributed by atoms with E-state index in [2.05, 4.69) is 15.1 Å². The van der Waals surface area contributed by atoms with E-state index >= 15 is 0 Å². The highest BCUT2D eigenvalue weighted by atomic mass is 19.4. The number of halogens is 3. The van der Waals surface area contributed by atoms with Gasteiger partial charge in [-0.2, -0.15) is 17.7 Å². The van der Waals surface area contributed by atoms with Crippen LogP contribution in [0.4, 0.5) is 13.2 Å². The monoisotopic (exact) mass is 483 g/mol. The van der Waals surface area contributed by atoms with Crippen LogP contribution in [0.15, 0.2) is 57.7 Å². The SMILES string of the molecule is COc1cccc2oc(-c3c(CN(C)C)nc4c(-c5ccccc5)c(C(F)(F)F)[nH]n4c3=O)nc12. The third-order valence-electron chi connectivity index (χ3n) is 5.48. The van der Waals surface area contributed by atoms with Gasteiger partial charge in [0.05, 0.1) is 18.4 Å². The molecule has 0 aliphatic carbocycles. The summed E-state index contributed by atoms with van der Waals surface area (Å²) in [6.07, 6.45) is -4.75. The maximum atomic E-state index is 14.0. The van der Waals surface area contributed by atoms with E-state index < -0.39 is 17.4 Å². The Morgan fingerprint density at radius 3 is 2.46 bits per heavy atom. The lowest BCUT2D eigenvalue weighted by atomic mass is 10.1. The fraction of sp³-hybridized carbons (Fsp3) is 0.208. The predicted molar refractivity (Wildman–Crippen MR) is 123 cm³/mol. The van der Waals surface area contributed by atoms with Crippen LogP contribution >= 0.6 is 0 Å². The molecule has 1 N–H and O–H groups in total. The third kappa shape index (κ3) is 3.83. The molecule has 0 unspecified atom stereocenters. The minimum Gasteiger partial charge on any atom is -0.494 e. The topological polar surface area (TPSA) is 88.7 Å². The zero-order valence-corrected chi connectivity index (χ0v) is 19.0. The van der Waals surface area contributed by atoms with Crippen molar-refractivity contribution in [2.24, 2.45) is 0 Å². The molecular weight excluding hydrogens is 463 g/mol. The molecule has 3 aromatic heterocycles. The number of rotatable bonds is 5. The van der Waals surface area contributed by atoms with Crippen LogP contribution in [0.25, 0.3) is 39.3 Å². The van der Waals surface area contributed by atoms with Gasteiger partial charge in [-0.15, -0.1) is 0 Å². The van der Waals surface area contributed by atoms with Gasteiger partial charge >= 0.3 is 6.18 Å². The van der Waals surface area contributed by atoms with Crippen LogP contribution in [0.2, 0.25) is 0 Å². The molecule has 35 heavy (non-hydrogen) atoms. The van der Waals surface area contributed by atoms with E-state index in [0.717, 1.165) is 4.52 Å². The number of aromatic amines is 1. The van der Waals surface area contributed by atoms with Crippen LogP contribution in [-0.2, 0) is 12.7 Å². The van der Waals surface area contributed by atoms with Gasteiger partial charge in [-0.05, 0) is 31.8 Å². The number of H-pyrrole nitrogens is 1. The predicted octanol–water partition coefficient (Wildman–Crippen LogP) is 4.59. The Morgan fingerprint density at radius 2 is 1.80 bits per heavy atom. The average Bonchev–Trinajstić information content (AvgIpc) is 3.41. The first kappa shape index (κ1) is 22.7. The number of methoxy groups -OCH3 is 1. The molecule has 0 amide bonds. The number of aromatic nitrogens is 4. The number of hydrogen-bond acceptors (Lipinski definition) is 6. The van der Waals surface area contributed by atoms with Gasteiger partial charge in [0.1, 0.15) is 17.0 Å². The lowest BCUT2D eigenvalue weighted by Crippen LogP contribution is -2.23. The summed E-state index contributed by atoms with van der Waals surface area (Å²) in [4.78, 5) is 24.4. The Labute approximate surface area is 196 Å². The molecule has 0 spiro atoms.